The average molecular weight is 627 g/mol. The van der Waals surface area contributed by atoms with Gasteiger partial charge in [0, 0.05) is 22.9 Å². The van der Waals surface area contributed by atoms with Crippen LogP contribution in [0.4, 0.5) is 0 Å². The lowest BCUT2D eigenvalue weighted by atomic mass is 9.79. The van der Waals surface area contributed by atoms with Gasteiger partial charge in [-0.3, -0.25) is 4.98 Å². The summed E-state index contributed by atoms with van der Waals surface area (Å²) >= 11 is 0. The second-order valence-corrected chi connectivity index (χ2v) is 14.8. The molecule has 1 N–H and O–H groups in total. The molecular weight excluding hydrogens is 585 g/mol. The van der Waals surface area contributed by atoms with Crippen LogP contribution in [0.25, 0.3) is 67.1 Å². The van der Waals surface area contributed by atoms with Gasteiger partial charge in [-0.15, -0.1) is 0 Å². The molecule has 3 aromatic heterocycles. The predicted octanol–water partition coefficient (Wildman–Crippen LogP) is 11.6. The van der Waals surface area contributed by atoms with Crippen molar-refractivity contribution in [2.45, 2.75) is 59.3 Å². The fourth-order valence-electron chi connectivity index (χ4n) is 6.25. The number of H-pyrrole nitrogens is 1. The smallest absolute Gasteiger partial charge is 0.104 e. The van der Waals surface area contributed by atoms with Gasteiger partial charge in [-0.1, -0.05) is 120 Å². The summed E-state index contributed by atoms with van der Waals surface area (Å²) in [5, 5.41) is 0. The van der Waals surface area contributed by atoms with Gasteiger partial charge in [0.2, 0.25) is 0 Å². The molecule has 238 valence electrons. The first-order chi connectivity index (χ1) is 22.9. The standard InChI is InChI=1S/C44H42N4/c1-28-46-38-18-12-17-37(42(38)47-28)41-26-34(33-22-35(43(2,3)4)27-36(23-33)44(5,6)7)25-40(48-41)32-16-11-15-31(21-32)39-24-30(19-20-45-39)29-13-9-8-10-14-29/h8-27H,1-7H3,(H,46,47). The van der Waals surface area contributed by atoms with Gasteiger partial charge in [0.15, 0.2) is 0 Å². The van der Waals surface area contributed by atoms with E-state index < -0.39 is 0 Å². The highest BCUT2D eigenvalue weighted by atomic mass is 14.9. The summed E-state index contributed by atoms with van der Waals surface area (Å²) < 4.78 is 0. The summed E-state index contributed by atoms with van der Waals surface area (Å²) in [6.45, 7) is 15.7. The van der Waals surface area contributed by atoms with Crippen LogP contribution in [0, 0.1) is 6.92 Å². The number of hydrogen-bond donors (Lipinski definition) is 1. The Morgan fingerprint density at radius 3 is 1.79 bits per heavy atom. The fourth-order valence-corrected chi connectivity index (χ4v) is 6.25. The van der Waals surface area contributed by atoms with Crippen molar-refractivity contribution >= 4 is 11.0 Å². The molecule has 0 saturated carbocycles. The number of fused-ring (bicyclic) bond motifs is 1. The van der Waals surface area contributed by atoms with Crippen LogP contribution in [0.2, 0.25) is 0 Å². The summed E-state index contributed by atoms with van der Waals surface area (Å²) in [5.41, 5.74) is 15.1. The summed E-state index contributed by atoms with van der Waals surface area (Å²) in [4.78, 5) is 18.3. The first kappa shape index (κ1) is 31.3. The molecule has 0 aliphatic rings. The summed E-state index contributed by atoms with van der Waals surface area (Å²) in [6.07, 6.45) is 1.89. The molecule has 0 aliphatic carbocycles. The lowest BCUT2D eigenvalue weighted by Crippen LogP contribution is -2.16. The topological polar surface area (TPSA) is 54.5 Å². The number of imidazole rings is 1. The van der Waals surface area contributed by atoms with Crippen LogP contribution in [0.1, 0.15) is 58.5 Å². The highest BCUT2D eigenvalue weighted by molar-refractivity contribution is 5.92. The molecule has 0 amide bonds. The highest BCUT2D eigenvalue weighted by Gasteiger charge is 2.22. The van der Waals surface area contributed by atoms with Crippen LogP contribution >= 0.6 is 0 Å². The first-order valence-electron chi connectivity index (χ1n) is 16.7. The van der Waals surface area contributed by atoms with Gasteiger partial charge in [-0.25, -0.2) is 9.97 Å². The van der Waals surface area contributed by atoms with Crippen LogP contribution in [0.3, 0.4) is 0 Å². The number of para-hydroxylation sites is 1. The van der Waals surface area contributed by atoms with Gasteiger partial charge in [0.05, 0.1) is 28.1 Å². The molecule has 7 rings (SSSR count). The molecule has 48 heavy (non-hydrogen) atoms. The number of aryl methyl sites for hydroxylation is 1. The Morgan fingerprint density at radius 2 is 1.08 bits per heavy atom. The third kappa shape index (κ3) is 6.31. The van der Waals surface area contributed by atoms with E-state index in [1.165, 1.54) is 22.3 Å². The summed E-state index contributed by atoms with van der Waals surface area (Å²) in [7, 11) is 0. The lowest BCUT2D eigenvalue weighted by molar-refractivity contribution is 0.569. The van der Waals surface area contributed by atoms with Gasteiger partial charge in [-0.05, 0) is 87.5 Å². The monoisotopic (exact) mass is 626 g/mol. The molecule has 0 radical (unpaired) electrons. The minimum Gasteiger partial charge on any atom is -0.342 e. The van der Waals surface area contributed by atoms with Crippen molar-refractivity contribution in [3.63, 3.8) is 0 Å². The molecular formula is C44H42N4. The Labute approximate surface area is 284 Å². The zero-order chi connectivity index (χ0) is 33.6. The van der Waals surface area contributed by atoms with E-state index in [1.807, 2.05) is 19.2 Å². The molecule has 0 saturated heterocycles. The zero-order valence-corrected chi connectivity index (χ0v) is 28.9. The Kier molecular flexibility index (Phi) is 7.83. The zero-order valence-electron chi connectivity index (χ0n) is 28.9. The number of benzene rings is 4. The van der Waals surface area contributed by atoms with E-state index in [2.05, 4.69) is 156 Å². The van der Waals surface area contributed by atoms with Crippen LogP contribution < -0.4 is 0 Å². The summed E-state index contributed by atoms with van der Waals surface area (Å²) in [5.74, 6) is 0.888. The molecule has 4 aromatic carbocycles. The maximum absolute atomic E-state index is 5.33. The molecule has 0 fully saturated rings. The first-order valence-corrected chi connectivity index (χ1v) is 16.7. The second kappa shape index (κ2) is 12.0. The molecule has 3 heterocycles. The van der Waals surface area contributed by atoms with Crippen molar-refractivity contribution in [3.05, 3.63) is 138 Å². The van der Waals surface area contributed by atoms with Crippen molar-refractivity contribution in [1.82, 2.24) is 19.9 Å². The molecule has 4 heteroatoms. The highest BCUT2D eigenvalue weighted by Crippen LogP contribution is 2.38. The number of nitrogens with one attached hydrogen (secondary N) is 1. The Bertz CT molecular complexity index is 2230. The van der Waals surface area contributed by atoms with Crippen molar-refractivity contribution in [1.29, 1.82) is 0 Å². The number of aromatic nitrogens is 4. The van der Waals surface area contributed by atoms with E-state index in [4.69, 9.17) is 15.0 Å². The predicted molar refractivity (Wildman–Crippen MR) is 201 cm³/mol. The molecule has 4 nitrogen and oxygen atoms in total. The Hall–Kier alpha value is -5.35. The van der Waals surface area contributed by atoms with Gasteiger partial charge in [0.1, 0.15) is 5.82 Å². The van der Waals surface area contributed by atoms with Gasteiger partial charge in [-0.2, -0.15) is 0 Å². The summed E-state index contributed by atoms with van der Waals surface area (Å²) in [6, 6.07) is 41.1. The van der Waals surface area contributed by atoms with Crippen LogP contribution in [0.15, 0.2) is 121 Å². The third-order valence-electron chi connectivity index (χ3n) is 9.06. The largest absolute Gasteiger partial charge is 0.342 e. The number of aromatic amines is 1. The maximum Gasteiger partial charge on any atom is 0.104 e. The number of rotatable bonds is 5. The molecule has 0 spiro atoms. The maximum atomic E-state index is 5.33. The molecule has 0 aliphatic heterocycles. The Morgan fingerprint density at radius 1 is 0.479 bits per heavy atom. The van der Waals surface area contributed by atoms with Gasteiger partial charge < -0.3 is 4.98 Å². The normalized spacial score (nSPS) is 12.1. The molecule has 0 atom stereocenters. The van der Waals surface area contributed by atoms with E-state index >= 15 is 0 Å². The van der Waals surface area contributed by atoms with E-state index in [9.17, 15) is 0 Å². The van der Waals surface area contributed by atoms with E-state index in [0.717, 1.165) is 61.8 Å². The average Bonchev–Trinajstić information content (AvgIpc) is 3.48. The van der Waals surface area contributed by atoms with E-state index in [0.29, 0.717) is 0 Å². The van der Waals surface area contributed by atoms with Crippen LogP contribution in [0.5, 0.6) is 0 Å². The minimum absolute atomic E-state index is 0.00333. The molecule has 7 aromatic rings. The number of hydrogen-bond acceptors (Lipinski definition) is 3. The Balaban J connectivity index is 1.42. The third-order valence-corrected chi connectivity index (χ3v) is 9.06. The molecule has 0 unspecified atom stereocenters. The van der Waals surface area contributed by atoms with Gasteiger partial charge >= 0.3 is 0 Å². The second-order valence-electron chi connectivity index (χ2n) is 14.8. The quantitative estimate of drug-likeness (QED) is 0.207. The van der Waals surface area contributed by atoms with Crippen LogP contribution in [-0.4, -0.2) is 19.9 Å². The fraction of sp³-hybridized carbons (Fsp3) is 0.205. The number of pyridine rings is 2. The van der Waals surface area contributed by atoms with Crippen molar-refractivity contribution in [2.24, 2.45) is 0 Å². The molecule has 0 bridgehead atoms. The van der Waals surface area contributed by atoms with Gasteiger partial charge in [0.25, 0.3) is 0 Å². The van der Waals surface area contributed by atoms with E-state index in [1.54, 1.807) is 0 Å². The van der Waals surface area contributed by atoms with E-state index in [-0.39, 0.29) is 10.8 Å². The minimum atomic E-state index is 0.00333. The van der Waals surface area contributed by atoms with Crippen molar-refractivity contribution in [3.8, 4) is 56.0 Å². The van der Waals surface area contributed by atoms with Crippen molar-refractivity contribution in [2.75, 3.05) is 0 Å². The lowest BCUT2D eigenvalue weighted by Gasteiger charge is -2.26. The SMILES string of the molecule is Cc1nc2cccc(-c3cc(-c4cc(C(C)(C)C)cc(C(C)(C)C)c4)cc(-c4cccc(-c5cc(-c6ccccc6)ccn5)c4)n3)c2[nH]1. The van der Waals surface area contributed by atoms with Crippen molar-refractivity contribution < 1.29 is 0 Å². The number of nitrogens with zero attached hydrogens (tertiary/aromatic N) is 3. The van der Waals surface area contributed by atoms with Crippen LogP contribution in [-0.2, 0) is 10.8 Å².